The van der Waals surface area contributed by atoms with E-state index in [1.165, 1.54) is 25.9 Å². The summed E-state index contributed by atoms with van der Waals surface area (Å²) in [6.07, 6.45) is 0.681. The number of fused-ring (bicyclic) bond motifs is 2. The van der Waals surface area contributed by atoms with Crippen molar-refractivity contribution in [2.45, 2.75) is 38.8 Å². The number of urea groups is 1. The van der Waals surface area contributed by atoms with E-state index >= 15 is 0 Å². The Labute approximate surface area is 145 Å². The molecule has 3 amide bonds. The molecule has 0 saturated carbocycles. The van der Waals surface area contributed by atoms with Crippen LogP contribution in [0.4, 0.5) is 4.79 Å². The van der Waals surface area contributed by atoms with Crippen LogP contribution < -0.4 is 5.73 Å². The number of esters is 1. The molecule has 0 aromatic carbocycles. The fourth-order valence-corrected chi connectivity index (χ4v) is 3.56. The van der Waals surface area contributed by atoms with Gasteiger partial charge in [-0.2, -0.15) is 13.5 Å². The second-order valence-electron chi connectivity index (χ2n) is 6.53. The number of hydrogen-bond donors (Lipinski definition) is 1. The molecule has 2 N–H and O–H groups in total. The Morgan fingerprint density at radius 2 is 1.96 bits per heavy atom. The van der Waals surface area contributed by atoms with Crippen molar-refractivity contribution in [1.82, 2.24) is 9.96 Å². The van der Waals surface area contributed by atoms with Gasteiger partial charge < -0.3 is 15.4 Å². The minimum atomic E-state index is -4.59. The van der Waals surface area contributed by atoms with Crippen molar-refractivity contribution in [2.75, 3.05) is 20.3 Å². The van der Waals surface area contributed by atoms with Crippen LogP contribution in [-0.4, -0.2) is 68.6 Å². The summed E-state index contributed by atoms with van der Waals surface area (Å²) in [5.74, 6) is -1.32. The summed E-state index contributed by atoms with van der Waals surface area (Å²) in [6.45, 7) is 2.48. The highest BCUT2D eigenvalue weighted by atomic mass is 32.3. The largest absolute Gasteiger partial charge is 0.469 e. The summed E-state index contributed by atoms with van der Waals surface area (Å²) in [7, 11) is -3.43. The van der Waals surface area contributed by atoms with Gasteiger partial charge in [-0.1, -0.05) is 0 Å². The number of nitrogens with zero attached hydrogens (tertiary/aromatic N) is 2. The second kappa shape index (κ2) is 6.77. The zero-order chi connectivity index (χ0) is 19.0. The van der Waals surface area contributed by atoms with E-state index in [0.29, 0.717) is 17.9 Å². The molecule has 2 bridgehead atoms. The fourth-order valence-electron chi connectivity index (χ4n) is 2.70. The summed E-state index contributed by atoms with van der Waals surface area (Å²) in [4.78, 5) is 36.3. The standard InChI is InChI=1S/C13H21N3O8S/c1-13(2,11(18)22-3)7-23-25(20,21)24-16-8-4-5-9(10(14)17)15(6-8)12(16)19/h8-9H,4-7H2,1-3H3,(H2,14,17)/t8-,9+/m1/s1. The third kappa shape index (κ3) is 4.02. The van der Waals surface area contributed by atoms with Gasteiger partial charge in [0.1, 0.15) is 6.04 Å². The van der Waals surface area contributed by atoms with Crippen LogP contribution in [0, 0.1) is 5.41 Å². The van der Waals surface area contributed by atoms with Crippen LogP contribution in [0.15, 0.2) is 0 Å². The van der Waals surface area contributed by atoms with E-state index in [4.69, 9.17) is 14.2 Å². The van der Waals surface area contributed by atoms with Gasteiger partial charge in [-0.05, 0) is 26.7 Å². The molecule has 0 spiro atoms. The molecule has 25 heavy (non-hydrogen) atoms. The van der Waals surface area contributed by atoms with Gasteiger partial charge in [0, 0.05) is 6.54 Å². The lowest BCUT2D eigenvalue weighted by Crippen LogP contribution is -2.47. The first kappa shape index (κ1) is 19.4. The van der Waals surface area contributed by atoms with Gasteiger partial charge in [0.2, 0.25) is 5.91 Å². The minimum absolute atomic E-state index is 0.135. The van der Waals surface area contributed by atoms with Crippen LogP contribution in [0.3, 0.4) is 0 Å². The quantitative estimate of drug-likeness (QED) is 0.562. The monoisotopic (exact) mass is 379 g/mol. The van der Waals surface area contributed by atoms with Crippen LogP contribution in [0.25, 0.3) is 0 Å². The Kier molecular flexibility index (Phi) is 5.25. The van der Waals surface area contributed by atoms with Gasteiger partial charge >= 0.3 is 22.4 Å². The van der Waals surface area contributed by atoms with Crippen molar-refractivity contribution in [3.05, 3.63) is 0 Å². The second-order valence-corrected chi connectivity index (χ2v) is 7.73. The van der Waals surface area contributed by atoms with E-state index in [1.54, 1.807) is 0 Å². The molecule has 142 valence electrons. The lowest BCUT2D eigenvalue weighted by Gasteiger charge is -2.27. The molecule has 2 rings (SSSR count). The summed E-state index contributed by atoms with van der Waals surface area (Å²) < 4.78 is 38.0. The van der Waals surface area contributed by atoms with E-state index in [9.17, 15) is 22.8 Å². The Hall–Kier alpha value is -1.92. The molecule has 2 aliphatic heterocycles. The average Bonchev–Trinajstić information content (AvgIpc) is 2.76. The maximum atomic E-state index is 12.3. The third-order valence-corrected chi connectivity index (χ3v) is 4.87. The Bertz CT molecular complexity index is 677. The van der Waals surface area contributed by atoms with Crippen molar-refractivity contribution in [1.29, 1.82) is 0 Å². The predicted octanol–water partition coefficient (Wildman–Crippen LogP) is -0.867. The number of hydrogen-bond acceptors (Lipinski definition) is 8. The topological polar surface area (TPSA) is 146 Å². The minimum Gasteiger partial charge on any atom is -0.469 e. The zero-order valence-electron chi connectivity index (χ0n) is 14.1. The van der Waals surface area contributed by atoms with Crippen LogP contribution in [0.5, 0.6) is 0 Å². The number of ether oxygens (including phenoxy) is 1. The van der Waals surface area contributed by atoms with E-state index in [2.05, 4.69) is 4.74 Å². The first-order valence-electron chi connectivity index (χ1n) is 7.55. The third-order valence-electron chi connectivity index (χ3n) is 4.12. The molecular formula is C13H21N3O8S. The molecule has 2 atom stereocenters. The smallest absolute Gasteiger partial charge is 0.421 e. The SMILES string of the molecule is COC(=O)C(C)(C)COS(=O)(=O)ON1C(=O)N2C[C@H]1CC[C@H]2C(N)=O. The highest BCUT2D eigenvalue weighted by Gasteiger charge is 2.49. The van der Waals surface area contributed by atoms with Gasteiger partial charge in [0.05, 0.1) is 25.2 Å². The van der Waals surface area contributed by atoms with Gasteiger partial charge in [-0.3, -0.25) is 9.59 Å². The first-order valence-corrected chi connectivity index (χ1v) is 8.88. The molecule has 11 nitrogen and oxygen atoms in total. The normalized spacial score (nSPS) is 23.7. The molecule has 2 heterocycles. The molecule has 0 unspecified atom stereocenters. The molecule has 0 aliphatic carbocycles. The van der Waals surface area contributed by atoms with Crippen molar-refractivity contribution in [3.8, 4) is 0 Å². The highest BCUT2D eigenvalue weighted by molar-refractivity contribution is 7.81. The Morgan fingerprint density at radius 1 is 1.32 bits per heavy atom. The van der Waals surface area contributed by atoms with Gasteiger partial charge in [0.15, 0.2) is 0 Å². The molecule has 12 heteroatoms. The highest BCUT2D eigenvalue weighted by Crippen LogP contribution is 2.31. The van der Waals surface area contributed by atoms with Gasteiger partial charge in [-0.25, -0.2) is 8.98 Å². The van der Waals surface area contributed by atoms with Crippen LogP contribution in [-0.2, 0) is 33.2 Å². The van der Waals surface area contributed by atoms with Gasteiger partial charge in [0.25, 0.3) is 0 Å². The van der Waals surface area contributed by atoms with Crippen LogP contribution in [0.1, 0.15) is 26.7 Å². The lowest BCUT2D eigenvalue weighted by atomic mass is 9.95. The predicted molar refractivity (Wildman–Crippen MR) is 81.7 cm³/mol. The summed E-state index contributed by atoms with van der Waals surface area (Å²) in [6, 6.07) is -2.10. The Balaban J connectivity index is 2.03. The number of primary amides is 1. The van der Waals surface area contributed by atoms with Crippen molar-refractivity contribution in [3.63, 3.8) is 0 Å². The molecule has 2 aliphatic rings. The van der Waals surface area contributed by atoms with E-state index in [0.717, 1.165) is 0 Å². The van der Waals surface area contributed by atoms with Gasteiger partial charge in [-0.15, -0.1) is 4.28 Å². The number of carbonyl (C=O) groups excluding carboxylic acids is 3. The molecule has 0 radical (unpaired) electrons. The Morgan fingerprint density at radius 3 is 2.52 bits per heavy atom. The van der Waals surface area contributed by atoms with Crippen molar-refractivity contribution < 1.29 is 36.0 Å². The number of methoxy groups -OCH3 is 1. The zero-order valence-corrected chi connectivity index (χ0v) is 14.9. The number of carbonyl (C=O) groups is 3. The first-order chi connectivity index (χ1) is 11.5. The van der Waals surface area contributed by atoms with Crippen molar-refractivity contribution in [2.24, 2.45) is 11.1 Å². The maximum absolute atomic E-state index is 12.3. The summed E-state index contributed by atoms with van der Waals surface area (Å²) in [5, 5.41) is 0.670. The summed E-state index contributed by atoms with van der Waals surface area (Å²) >= 11 is 0. The maximum Gasteiger partial charge on any atom is 0.421 e. The number of hydroxylamine groups is 2. The number of piperidine rings is 1. The number of nitrogens with two attached hydrogens (primary N) is 1. The molecule has 0 aromatic heterocycles. The molecule has 0 aromatic rings. The molecular weight excluding hydrogens is 358 g/mol. The average molecular weight is 379 g/mol. The van der Waals surface area contributed by atoms with E-state index in [-0.39, 0.29) is 6.54 Å². The number of rotatable bonds is 7. The lowest BCUT2D eigenvalue weighted by molar-refractivity contribution is -0.152. The summed E-state index contributed by atoms with van der Waals surface area (Å²) in [5.41, 5.74) is 4.02. The van der Waals surface area contributed by atoms with Crippen LogP contribution >= 0.6 is 0 Å². The van der Waals surface area contributed by atoms with Crippen LogP contribution in [0.2, 0.25) is 0 Å². The van der Waals surface area contributed by atoms with E-state index < -0.39 is 52.4 Å². The fraction of sp³-hybridized carbons (Fsp3) is 0.769. The van der Waals surface area contributed by atoms with Crippen molar-refractivity contribution >= 4 is 28.3 Å². The van der Waals surface area contributed by atoms with E-state index in [1.807, 2.05) is 0 Å². The molecule has 2 saturated heterocycles. The molecule has 2 fully saturated rings. The number of amides is 3.